The van der Waals surface area contributed by atoms with E-state index in [4.69, 9.17) is 4.74 Å². The Hall–Kier alpha value is -2.37. The number of ether oxygens (including phenoxy) is 1. The third-order valence-corrected chi connectivity index (χ3v) is 4.15. The summed E-state index contributed by atoms with van der Waals surface area (Å²) in [5.74, 6) is 0. The number of hydrogen-bond acceptors (Lipinski definition) is 4. The minimum Gasteiger partial charge on any atom is -0.445 e. The second-order valence-electron chi connectivity index (χ2n) is 7.33. The average Bonchev–Trinajstić information content (AvgIpc) is 2.64. The van der Waals surface area contributed by atoms with Crippen LogP contribution in [-0.4, -0.2) is 29.0 Å². The second-order valence-corrected chi connectivity index (χ2v) is 7.33. The van der Waals surface area contributed by atoms with E-state index in [1.54, 1.807) is 12.1 Å². The van der Waals surface area contributed by atoms with Crippen molar-refractivity contribution in [2.75, 3.05) is 6.54 Å². The smallest absolute Gasteiger partial charge is 0.407 e. The lowest BCUT2D eigenvalue weighted by Gasteiger charge is -2.22. The number of hydrogen-bond donors (Lipinski definition) is 3. The van der Waals surface area contributed by atoms with Crippen molar-refractivity contribution in [3.63, 3.8) is 0 Å². The molecule has 0 saturated heterocycles. The number of aliphatic hydroxyl groups excluding tert-OH is 2. The van der Waals surface area contributed by atoms with E-state index in [9.17, 15) is 15.0 Å². The minimum atomic E-state index is -1.13. The Labute approximate surface area is 154 Å². The average molecular weight is 357 g/mol. The highest BCUT2D eigenvalue weighted by atomic mass is 16.5. The molecule has 0 aromatic heterocycles. The maximum absolute atomic E-state index is 11.7. The van der Waals surface area contributed by atoms with Gasteiger partial charge in [0.05, 0.1) is 0 Å². The van der Waals surface area contributed by atoms with E-state index in [-0.39, 0.29) is 18.6 Å². The predicted octanol–water partition coefficient (Wildman–Crippen LogP) is 3.30. The van der Waals surface area contributed by atoms with Crippen molar-refractivity contribution in [1.82, 2.24) is 5.32 Å². The van der Waals surface area contributed by atoms with Crippen molar-refractivity contribution >= 4 is 6.09 Å². The topological polar surface area (TPSA) is 78.8 Å². The summed E-state index contributed by atoms with van der Waals surface area (Å²) in [5.41, 5.74) is 2.64. The van der Waals surface area contributed by atoms with Crippen LogP contribution < -0.4 is 5.32 Å². The Bertz CT molecular complexity index is 692. The number of rotatable bonds is 6. The third kappa shape index (κ3) is 5.86. The largest absolute Gasteiger partial charge is 0.445 e. The summed E-state index contributed by atoms with van der Waals surface area (Å²) >= 11 is 0. The van der Waals surface area contributed by atoms with Crippen LogP contribution in [0.5, 0.6) is 0 Å². The summed E-state index contributed by atoms with van der Waals surface area (Å²) in [6, 6.07) is 16.8. The highest BCUT2D eigenvalue weighted by Crippen LogP contribution is 2.24. The molecule has 0 aliphatic rings. The van der Waals surface area contributed by atoms with E-state index in [2.05, 4.69) is 26.1 Å². The summed E-state index contributed by atoms with van der Waals surface area (Å²) in [7, 11) is 0. The number of alkyl carbamates (subject to hydrolysis) is 1. The Morgan fingerprint density at radius 3 is 2.23 bits per heavy atom. The molecule has 2 unspecified atom stereocenters. The molecule has 1 amide bonds. The van der Waals surface area contributed by atoms with Gasteiger partial charge in [-0.3, -0.25) is 0 Å². The SMILES string of the molecule is CC(C)(C)c1ccc(C(O)C(O)CNC(=O)OCc2ccccc2)cc1. The lowest BCUT2D eigenvalue weighted by Crippen LogP contribution is -2.35. The standard InChI is InChI=1S/C21H27NO4/c1-21(2,3)17-11-9-16(10-12-17)19(24)18(23)13-22-20(25)26-14-15-7-5-4-6-8-15/h4-12,18-19,23-24H,13-14H2,1-3H3,(H,22,25). The van der Waals surface area contributed by atoms with E-state index in [1.165, 1.54) is 0 Å². The molecule has 0 heterocycles. The minimum absolute atomic E-state index is 0.0200. The molecule has 26 heavy (non-hydrogen) atoms. The molecule has 140 valence electrons. The zero-order chi connectivity index (χ0) is 19.2. The van der Waals surface area contributed by atoms with Crippen LogP contribution in [-0.2, 0) is 16.8 Å². The fraction of sp³-hybridized carbons (Fsp3) is 0.381. The molecule has 0 aliphatic carbocycles. The Balaban J connectivity index is 1.81. The molecule has 2 atom stereocenters. The number of nitrogens with one attached hydrogen (secondary N) is 1. The van der Waals surface area contributed by atoms with Crippen LogP contribution in [0.25, 0.3) is 0 Å². The monoisotopic (exact) mass is 357 g/mol. The molecule has 0 saturated carbocycles. The maximum Gasteiger partial charge on any atom is 0.407 e. The van der Waals surface area contributed by atoms with Gasteiger partial charge in [0.2, 0.25) is 0 Å². The number of amides is 1. The quantitative estimate of drug-likeness (QED) is 0.741. The zero-order valence-corrected chi connectivity index (χ0v) is 15.5. The molecule has 0 fully saturated rings. The van der Waals surface area contributed by atoms with Gasteiger partial charge in [0.1, 0.15) is 18.8 Å². The van der Waals surface area contributed by atoms with Crippen LogP contribution in [0.2, 0.25) is 0 Å². The summed E-state index contributed by atoms with van der Waals surface area (Å²) in [6.07, 6.45) is -2.85. The molecule has 5 heteroatoms. The lowest BCUT2D eigenvalue weighted by atomic mass is 9.86. The van der Waals surface area contributed by atoms with Crippen molar-refractivity contribution in [3.05, 3.63) is 71.3 Å². The summed E-state index contributed by atoms with van der Waals surface area (Å²) in [6.45, 7) is 6.38. The number of benzene rings is 2. The van der Waals surface area contributed by atoms with Gasteiger partial charge in [0.15, 0.2) is 0 Å². The highest BCUT2D eigenvalue weighted by molar-refractivity contribution is 5.67. The molecule has 0 bridgehead atoms. The van der Waals surface area contributed by atoms with Crippen molar-refractivity contribution in [2.24, 2.45) is 0 Å². The third-order valence-electron chi connectivity index (χ3n) is 4.15. The van der Waals surface area contributed by atoms with Gasteiger partial charge in [-0.15, -0.1) is 0 Å². The number of carbonyl (C=O) groups is 1. The molecular formula is C21H27NO4. The Kier molecular flexibility index (Phi) is 6.77. The Morgan fingerprint density at radius 2 is 1.65 bits per heavy atom. The van der Waals surface area contributed by atoms with E-state index >= 15 is 0 Å². The first-order valence-electron chi connectivity index (χ1n) is 8.68. The molecule has 5 nitrogen and oxygen atoms in total. The fourth-order valence-corrected chi connectivity index (χ4v) is 2.48. The second kappa shape index (κ2) is 8.83. The van der Waals surface area contributed by atoms with Crippen molar-refractivity contribution in [2.45, 2.75) is 45.0 Å². The van der Waals surface area contributed by atoms with Crippen LogP contribution in [0, 0.1) is 0 Å². The highest BCUT2D eigenvalue weighted by Gasteiger charge is 2.20. The van der Waals surface area contributed by atoms with Crippen molar-refractivity contribution in [3.8, 4) is 0 Å². The van der Waals surface area contributed by atoms with Crippen molar-refractivity contribution in [1.29, 1.82) is 0 Å². The molecular weight excluding hydrogens is 330 g/mol. The molecule has 0 aliphatic heterocycles. The van der Waals surface area contributed by atoms with E-state index in [1.807, 2.05) is 42.5 Å². The summed E-state index contributed by atoms with van der Waals surface area (Å²) < 4.78 is 5.07. The first-order valence-corrected chi connectivity index (χ1v) is 8.68. The fourth-order valence-electron chi connectivity index (χ4n) is 2.48. The van der Waals surface area contributed by atoms with Gasteiger partial charge in [0, 0.05) is 6.54 Å². The first kappa shape index (κ1) is 19.9. The molecule has 0 radical (unpaired) electrons. The lowest BCUT2D eigenvalue weighted by molar-refractivity contribution is 0.0184. The molecule has 2 aromatic rings. The van der Waals surface area contributed by atoms with Gasteiger partial charge in [-0.25, -0.2) is 4.79 Å². The van der Waals surface area contributed by atoms with Crippen molar-refractivity contribution < 1.29 is 19.7 Å². The maximum atomic E-state index is 11.7. The van der Waals surface area contributed by atoms with Gasteiger partial charge in [-0.2, -0.15) is 0 Å². The van der Waals surface area contributed by atoms with Gasteiger partial charge in [-0.05, 0) is 22.1 Å². The molecule has 3 N–H and O–H groups in total. The zero-order valence-electron chi connectivity index (χ0n) is 15.5. The Morgan fingerprint density at radius 1 is 1.04 bits per heavy atom. The first-order chi connectivity index (χ1) is 12.3. The number of carbonyl (C=O) groups excluding carboxylic acids is 1. The molecule has 0 spiro atoms. The van der Waals surface area contributed by atoms with Gasteiger partial charge < -0.3 is 20.3 Å². The predicted molar refractivity (Wildman–Crippen MR) is 101 cm³/mol. The van der Waals surface area contributed by atoms with Crippen LogP contribution in [0.15, 0.2) is 54.6 Å². The number of aliphatic hydroxyl groups is 2. The van der Waals surface area contributed by atoms with Gasteiger partial charge in [-0.1, -0.05) is 75.4 Å². The van der Waals surface area contributed by atoms with E-state index < -0.39 is 18.3 Å². The van der Waals surface area contributed by atoms with E-state index in [0.717, 1.165) is 11.1 Å². The normalized spacial score (nSPS) is 13.7. The molecule has 2 aromatic carbocycles. The summed E-state index contributed by atoms with van der Waals surface area (Å²) in [4.78, 5) is 11.7. The van der Waals surface area contributed by atoms with Crippen LogP contribution in [0.3, 0.4) is 0 Å². The summed E-state index contributed by atoms with van der Waals surface area (Å²) in [5, 5.41) is 22.8. The van der Waals surface area contributed by atoms with Crippen LogP contribution in [0.1, 0.15) is 43.6 Å². The van der Waals surface area contributed by atoms with Crippen LogP contribution in [0.4, 0.5) is 4.79 Å². The molecule has 2 rings (SSSR count). The van der Waals surface area contributed by atoms with E-state index in [0.29, 0.717) is 5.56 Å². The van der Waals surface area contributed by atoms with Gasteiger partial charge in [0.25, 0.3) is 0 Å². The van der Waals surface area contributed by atoms with Gasteiger partial charge >= 0.3 is 6.09 Å². The van der Waals surface area contributed by atoms with Crippen LogP contribution >= 0.6 is 0 Å².